The number of nitrogens with zero attached hydrogens (tertiary/aromatic N) is 5. The van der Waals surface area contributed by atoms with E-state index in [1.807, 2.05) is 41.2 Å². The van der Waals surface area contributed by atoms with Crippen molar-refractivity contribution < 1.29 is 4.79 Å². The molecule has 0 aliphatic carbocycles. The molecule has 0 fully saturated rings. The molecule has 7 nitrogen and oxygen atoms in total. The number of amides is 1. The molecule has 0 unspecified atom stereocenters. The van der Waals surface area contributed by atoms with Crippen LogP contribution in [0.25, 0.3) is 5.69 Å². The molecule has 0 aliphatic heterocycles. The van der Waals surface area contributed by atoms with Crippen molar-refractivity contribution in [2.75, 3.05) is 6.54 Å². The highest BCUT2D eigenvalue weighted by atomic mass is 16.1. The van der Waals surface area contributed by atoms with E-state index in [1.54, 1.807) is 47.9 Å². The van der Waals surface area contributed by atoms with Crippen molar-refractivity contribution in [3.8, 4) is 17.5 Å². The van der Waals surface area contributed by atoms with Gasteiger partial charge in [-0.3, -0.25) is 9.78 Å². The molecule has 4 rings (SSSR count). The molecule has 0 bridgehead atoms. The number of carbonyl (C=O) groups excluding carboxylic acids is 1. The maximum absolute atomic E-state index is 12.6. The van der Waals surface area contributed by atoms with Crippen molar-refractivity contribution in [2.45, 2.75) is 13.0 Å². The lowest BCUT2D eigenvalue weighted by atomic mass is 10.1. The Kier molecular flexibility index (Phi) is 5.97. The molecule has 3 aromatic heterocycles. The fraction of sp³-hybridized carbons (Fsp3) is 0.130. The minimum absolute atomic E-state index is 0.125. The largest absolute Gasteiger partial charge is 0.352 e. The van der Waals surface area contributed by atoms with Crippen LogP contribution in [0, 0.1) is 11.8 Å². The monoisotopic (exact) mass is 396 g/mol. The molecule has 148 valence electrons. The van der Waals surface area contributed by atoms with Gasteiger partial charge in [0, 0.05) is 61.4 Å². The first kappa shape index (κ1) is 19.2. The summed E-state index contributed by atoms with van der Waals surface area (Å²) in [7, 11) is 0. The van der Waals surface area contributed by atoms with Gasteiger partial charge in [-0.05, 0) is 42.8 Å². The number of aryl methyl sites for hydroxylation is 1. The number of hydrogen-bond acceptors (Lipinski definition) is 4. The van der Waals surface area contributed by atoms with E-state index >= 15 is 0 Å². The molecule has 3 heterocycles. The number of aromatic nitrogens is 5. The van der Waals surface area contributed by atoms with E-state index < -0.39 is 0 Å². The normalized spacial score (nSPS) is 10.3. The van der Waals surface area contributed by atoms with Crippen molar-refractivity contribution in [3.63, 3.8) is 0 Å². The van der Waals surface area contributed by atoms with Gasteiger partial charge in [-0.1, -0.05) is 11.8 Å². The second kappa shape index (κ2) is 9.34. The summed E-state index contributed by atoms with van der Waals surface area (Å²) >= 11 is 0. The molecule has 0 aliphatic rings. The van der Waals surface area contributed by atoms with Crippen molar-refractivity contribution in [1.82, 2.24) is 29.6 Å². The number of imidazole rings is 1. The maximum atomic E-state index is 12.6. The first-order valence-electron chi connectivity index (χ1n) is 9.60. The fourth-order valence-corrected chi connectivity index (χ4v) is 2.95. The maximum Gasteiger partial charge on any atom is 0.251 e. The lowest BCUT2D eigenvalue weighted by Gasteiger charge is -2.09. The van der Waals surface area contributed by atoms with Crippen molar-refractivity contribution in [2.24, 2.45) is 0 Å². The van der Waals surface area contributed by atoms with Gasteiger partial charge >= 0.3 is 0 Å². The van der Waals surface area contributed by atoms with Crippen LogP contribution in [-0.2, 0) is 6.54 Å². The number of rotatable bonds is 6. The van der Waals surface area contributed by atoms with Crippen molar-refractivity contribution in [3.05, 3.63) is 96.6 Å². The van der Waals surface area contributed by atoms with Crippen LogP contribution in [0.5, 0.6) is 0 Å². The van der Waals surface area contributed by atoms with Crippen LogP contribution in [0.15, 0.2) is 79.9 Å². The van der Waals surface area contributed by atoms with Crippen molar-refractivity contribution >= 4 is 5.91 Å². The Hall–Kier alpha value is -4.18. The summed E-state index contributed by atoms with van der Waals surface area (Å²) in [5.41, 5.74) is 2.96. The lowest BCUT2D eigenvalue weighted by Crippen LogP contribution is -2.25. The Morgan fingerprint density at radius 1 is 1.00 bits per heavy atom. The van der Waals surface area contributed by atoms with E-state index in [-0.39, 0.29) is 5.91 Å². The van der Waals surface area contributed by atoms with E-state index in [1.165, 1.54) is 0 Å². The first-order valence-corrected chi connectivity index (χ1v) is 9.60. The van der Waals surface area contributed by atoms with Crippen LogP contribution >= 0.6 is 0 Å². The molecule has 1 amide bonds. The predicted molar refractivity (Wildman–Crippen MR) is 113 cm³/mol. The Morgan fingerprint density at radius 3 is 2.67 bits per heavy atom. The molecular formula is C23H20N6O. The highest BCUT2D eigenvalue weighted by molar-refractivity contribution is 5.95. The van der Waals surface area contributed by atoms with Gasteiger partial charge in [0.25, 0.3) is 5.91 Å². The number of pyridine rings is 1. The molecule has 0 spiro atoms. The third-order valence-corrected chi connectivity index (χ3v) is 4.47. The molecular weight excluding hydrogens is 376 g/mol. The molecule has 0 saturated carbocycles. The highest BCUT2D eigenvalue weighted by Gasteiger charge is 2.10. The molecule has 1 N–H and O–H groups in total. The van der Waals surface area contributed by atoms with Gasteiger partial charge in [0.2, 0.25) is 0 Å². The molecule has 0 saturated heterocycles. The Labute approximate surface area is 174 Å². The second-order valence-electron chi connectivity index (χ2n) is 6.58. The topological polar surface area (TPSA) is 77.6 Å². The number of nitrogens with one attached hydrogen (secondary N) is 1. The predicted octanol–water partition coefficient (Wildman–Crippen LogP) is 2.68. The second-order valence-corrected chi connectivity index (χ2v) is 6.58. The number of hydrogen-bond donors (Lipinski definition) is 1. The number of benzene rings is 1. The third kappa shape index (κ3) is 4.80. The van der Waals surface area contributed by atoms with Gasteiger partial charge in [0.1, 0.15) is 0 Å². The van der Waals surface area contributed by atoms with Gasteiger partial charge in [0.15, 0.2) is 0 Å². The average Bonchev–Trinajstić information content (AvgIpc) is 3.50. The summed E-state index contributed by atoms with van der Waals surface area (Å²) < 4.78 is 3.72. The van der Waals surface area contributed by atoms with Crippen LogP contribution in [-0.4, -0.2) is 36.8 Å². The minimum Gasteiger partial charge on any atom is -0.352 e. The van der Waals surface area contributed by atoms with E-state index in [0.717, 1.165) is 29.8 Å². The van der Waals surface area contributed by atoms with Gasteiger partial charge in [-0.15, -0.1) is 0 Å². The van der Waals surface area contributed by atoms with Gasteiger partial charge < -0.3 is 9.88 Å². The fourth-order valence-electron chi connectivity index (χ4n) is 2.95. The summed E-state index contributed by atoms with van der Waals surface area (Å²) in [6, 6.07) is 11.0. The zero-order chi connectivity index (χ0) is 20.6. The minimum atomic E-state index is -0.125. The number of carbonyl (C=O) groups is 1. The molecule has 0 atom stereocenters. The SMILES string of the molecule is O=C(NCCCn1ccnc1)c1ccc(-n2cccn2)c(C#Cc2ccncc2)c1. The highest BCUT2D eigenvalue weighted by Crippen LogP contribution is 2.16. The summed E-state index contributed by atoms with van der Waals surface area (Å²) in [6.07, 6.45) is 13.2. The van der Waals surface area contributed by atoms with Crippen LogP contribution in [0.3, 0.4) is 0 Å². The van der Waals surface area contributed by atoms with Gasteiger partial charge in [0.05, 0.1) is 17.6 Å². The lowest BCUT2D eigenvalue weighted by molar-refractivity contribution is 0.0952. The molecule has 0 radical (unpaired) electrons. The van der Waals surface area contributed by atoms with Crippen LogP contribution in [0.4, 0.5) is 0 Å². The molecule has 30 heavy (non-hydrogen) atoms. The summed E-state index contributed by atoms with van der Waals surface area (Å²) in [5, 5.41) is 7.26. The third-order valence-electron chi connectivity index (χ3n) is 4.47. The van der Waals surface area contributed by atoms with Crippen LogP contribution < -0.4 is 5.32 Å². The van der Waals surface area contributed by atoms with Gasteiger partial charge in [-0.2, -0.15) is 5.10 Å². The van der Waals surface area contributed by atoms with E-state index in [4.69, 9.17) is 0 Å². The van der Waals surface area contributed by atoms with E-state index in [0.29, 0.717) is 12.1 Å². The molecule has 4 aromatic rings. The van der Waals surface area contributed by atoms with Gasteiger partial charge in [-0.25, -0.2) is 9.67 Å². The van der Waals surface area contributed by atoms with Crippen LogP contribution in [0.1, 0.15) is 27.9 Å². The Bertz CT molecular complexity index is 1160. The van der Waals surface area contributed by atoms with Crippen LogP contribution in [0.2, 0.25) is 0 Å². The quantitative estimate of drug-likeness (QED) is 0.402. The zero-order valence-corrected chi connectivity index (χ0v) is 16.3. The smallest absolute Gasteiger partial charge is 0.251 e. The van der Waals surface area contributed by atoms with E-state index in [9.17, 15) is 4.79 Å². The first-order chi connectivity index (χ1) is 14.8. The molecule has 1 aromatic carbocycles. The van der Waals surface area contributed by atoms with Crippen molar-refractivity contribution in [1.29, 1.82) is 0 Å². The summed E-state index contributed by atoms with van der Waals surface area (Å²) in [4.78, 5) is 20.6. The average molecular weight is 396 g/mol. The Morgan fingerprint density at radius 2 is 1.90 bits per heavy atom. The standard InChI is InChI=1S/C23H20N6O/c30-23(26-9-1-14-28-16-13-25-18-28)21-5-6-22(29-15-2-10-27-29)20(17-21)4-3-19-7-11-24-12-8-19/h2,5-8,10-13,15-18H,1,9,14H2,(H,26,30). The summed E-state index contributed by atoms with van der Waals surface area (Å²) in [6.45, 7) is 1.39. The molecule has 7 heteroatoms. The van der Waals surface area contributed by atoms with E-state index in [2.05, 4.69) is 32.2 Å². The summed E-state index contributed by atoms with van der Waals surface area (Å²) in [5.74, 6) is 6.17. The zero-order valence-electron chi connectivity index (χ0n) is 16.3. The Balaban J connectivity index is 1.51.